The summed E-state index contributed by atoms with van der Waals surface area (Å²) < 4.78 is 0. The van der Waals surface area contributed by atoms with Crippen LogP contribution in [-0.2, 0) is 9.59 Å². The highest BCUT2D eigenvalue weighted by atomic mass is 16.2. The van der Waals surface area contributed by atoms with Gasteiger partial charge in [-0.15, -0.1) is 0 Å². The van der Waals surface area contributed by atoms with E-state index in [4.69, 9.17) is 0 Å². The molecule has 2 rings (SSSR count). The highest BCUT2D eigenvalue weighted by Crippen LogP contribution is 2.31. The first-order valence-electron chi connectivity index (χ1n) is 7.47. The Labute approximate surface area is 115 Å². The molecular weight excluding hydrogens is 240 g/mol. The Balaban J connectivity index is 1.92. The van der Waals surface area contributed by atoms with Crippen molar-refractivity contribution in [3.63, 3.8) is 0 Å². The minimum absolute atomic E-state index is 0.149. The van der Waals surface area contributed by atoms with Gasteiger partial charge in [0, 0.05) is 11.6 Å². The van der Waals surface area contributed by atoms with Crippen molar-refractivity contribution in [2.45, 2.75) is 76.9 Å². The number of nitrogens with one attached hydrogen (secondary N) is 2. The van der Waals surface area contributed by atoms with Gasteiger partial charge in [-0.3, -0.25) is 9.59 Å². The van der Waals surface area contributed by atoms with Gasteiger partial charge in [0.1, 0.15) is 0 Å². The maximum atomic E-state index is 12.3. The molecule has 0 saturated heterocycles. The molecule has 0 aromatic rings. The van der Waals surface area contributed by atoms with E-state index in [2.05, 4.69) is 10.6 Å². The SMILES string of the molecule is CC(C)(C)NC(CC1CCC1)C(=O)C(=O)NC1CC1. The number of rotatable bonds is 6. The molecule has 0 aliphatic heterocycles. The van der Waals surface area contributed by atoms with E-state index in [-0.39, 0.29) is 23.4 Å². The Morgan fingerprint density at radius 1 is 1.16 bits per heavy atom. The highest BCUT2D eigenvalue weighted by molar-refractivity contribution is 6.38. The lowest BCUT2D eigenvalue weighted by Crippen LogP contribution is -2.53. The first kappa shape index (κ1) is 14.5. The lowest BCUT2D eigenvalue weighted by Gasteiger charge is -2.33. The third-order valence-electron chi connectivity index (χ3n) is 3.85. The normalized spacial score (nSPS) is 21.6. The highest BCUT2D eigenvalue weighted by Gasteiger charge is 2.34. The van der Waals surface area contributed by atoms with E-state index >= 15 is 0 Å². The zero-order chi connectivity index (χ0) is 14.0. The van der Waals surface area contributed by atoms with E-state index < -0.39 is 5.91 Å². The van der Waals surface area contributed by atoms with Crippen molar-refractivity contribution in [3.05, 3.63) is 0 Å². The summed E-state index contributed by atoms with van der Waals surface area (Å²) in [6, 6.07) is -0.0838. The second kappa shape index (κ2) is 5.61. The molecule has 0 heterocycles. The predicted octanol–water partition coefficient (Wildman–Crippen LogP) is 1.78. The molecular formula is C15H26N2O2. The molecule has 0 bridgehead atoms. The topological polar surface area (TPSA) is 58.2 Å². The summed E-state index contributed by atoms with van der Waals surface area (Å²) in [5.74, 6) is -0.0742. The van der Waals surface area contributed by atoms with Crippen molar-refractivity contribution in [3.8, 4) is 0 Å². The van der Waals surface area contributed by atoms with Crippen LogP contribution >= 0.6 is 0 Å². The van der Waals surface area contributed by atoms with Crippen molar-refractivity contribution in [2.75, 3.05) is 0 Å². The Kier molecular flexibility index (Phi) is 4.29. The third kappa shape index (κ3) is 4.60. The number of hydrogen-bond donors (Lipinski definition) is 2. The zero-order valence-corrected chi connectivity index (χ0v) is 12.3. The molecule has 1 amide bonds. The molecule has 0 aromatic heterocycles. The lowest BCUT2D eigenvalue weighted by molar-refractivity contribution is -0.139. The summed E-state index contributed by atoms with van der Waals surface area (Å²) >= 11 is 0. The predicted molar refractivity (Wildman–Crippen MR) is 74.8 cm³/mol. The number of ketones is 1. The van der Waals surface area contributed by atoms with E-state index in [1.54, 1.807) is 0 Å². The van der Waals surface area contributed by atoms with Crippen LogP contribution in [0.2, 0.25) is 0 Å². The number of carbonyl (C=O) groups is 2. The van der Waals surface area contributed by atoms with Gasteiger partial charge in [0.05, 0.1) is 6.04 Å². The number of Topliss-reactive ketones (excluding diaryl/α,β-unsaturated/α-hetero) is 1. The maximum Gasteiger partial charge on any atom is 0.289 e. The Hall–Kier alpha value is -0.900. The molecule has 2 N–H and O–H groups in total. The molecule has 4 heteroatoms. The van der Waals surface area contributed by atoms with Crippen molar-refractivity contribution in [2.24, 2.45) is 5.92 Å². The first-order valence-corrected chi connectivity index (χ1v) is 7.47. The second-order valence-corrected chi connectivity index (χ2v) is 7.09. The fourth-order valence-electron chi connectivity index (χ4n) is 2.46. The summed E-state index contributed by atoms with van der Waals surface area (Å²) in [6.45, 7) is 6.10. The summed E-state index contributed by atoms with van der Waals surface area (Å²) in [5, 5.41) is 6.12. The van der Waals surface area contributed by atoms with Crippen LogP contribution in [0.5, 0.6) is 0 Å². The van der Waals surface area contributed by atoms with Crippen molar-refractivity contribution >= 4 is 11.7 Å². The van der Waals surface area contributed by atoms with Gasteiger partial charge >= 0.3 is 0 Å². The van der Waals surface area contributed by atoms with Crippen molar-refractivity contribution < 1.29 is 9.59 Å². The minimum Gasteiger partial charge on any atom is -0.347 e. The first-order chi connectivity index (χ1) is 8.85. The van der Waals surface area contributed by atoms with Gasteiger partial charge in [-0.1, -0.05) is 19.3 Å². The molecule has 2 aliphatic rings. The minimum atomic E-state index is -0.399. The van der Waals surface area contributed by atoms with Crippen LogP contribution in [0.15, 0.2) is 0 Å². The van der Waals surface area contributed by atoms with E-state index in [0.717, 1.165) is 19.3 Å². The van der Waals surface area contributed by atoms with E-state index in [9.17, 15) is 9.59 Å². The second-order valence-electron chi connectivity index (χ2n) is 7.09. The van der Waals surface area contributed by atoms with Gasteiger partial charge in [0.25, 0.3) is 5.91 Å². The van der Waals surface area contributed by atoms with E-state index in [1.807, 2.05) is 20.8 Å². The van der Waals surface area contributed by atoms with Crippen LogP contribution in [0.3, 0.4) is 0 Å². The summed E-state index contributed by atoms with van der Waals surface area (Å²) in [5.41, 5.74) is -0.149. The largest absolute Gasteiger partial charge is 0.347 e. The molecule has 0 spiro atoms. The van der Waals surface area contributed by atoms with Crippen LogP contribution in [0.1, 0.15) is 59.3 Å². The summed E-state index contributed by atoms with van der Waals surface area (Å²) in [6.07, 6.45) is 6.47. The fourth-order valence-corrected chi connectivity index (χ4v) is 2.46. The van der Waals surface area contributed by atoms with Gasteiger partial charge in [-0.25, -0.2) is 0 Å². The van der Waals surface area contributed by atoms with Gasteiger partial charge in [-0.05, 0) is 46.0 Å². The van der Waals surface area contributed by atoms with Crippen LogP contribution in [0.25, 0.3) is 0 Å². The molecule has 1 atom stereocenters. The molecule has 0 radical (unpaired) electrons. The smallest absolute Gasteiger partial charge is 0.289 e. The summed E-state index contributed by atoms with van der Waals surface area (Å²) in [7, 11) is 0. The van der Waals surface area contributed by atoms with Gasteiger partial charge < -0.3 is 10.6 Å². The Morgan fingerprint density at radius 3 is 2.21 bits per heavy atom. The molecule has 2 fully saturated rings. The summed E-state index contributed by atoms with van der Waals surface area (Å²) in [4.78, 5) is 24.2. The van der Waals surface area contributed by atoms with Gasteiger partial charge in [0.2, 0.25) is 5.78 Å². The van der Waals surface area contributed by atoms with Crippen LogP contribution in [0.4, 0.5) is 0 Å². The molecule has 1 unspecified atom stereocenters. The molecule has 4 nitrogen and oxygen atoms in total. The van der Waals surface area contributed by atoms with E-state index in [0.29, 0.717) is 5.92 Å². The molecule has 19 heavy (non-hydrogen) atoms. The number of amides is 1. The number of carbonyl (C=O) groups excluding carboxylic acids is 2. The Morgan fingerprint density at radius 2 is 1.79 bits per heavy atom. The fraction of sp³-hybridized carbons (Fsp3) is 0.867. The van der Waals surface area contributed by atoms with E-state index in [1.165, 1.54) is 19.3 Å². The molecule has 2 saturated carbocycles. The zero-order valence-electron chi connectivity index (χ0n) is 12.3. The van der Waals surface area contributed by atoms with Crippen LogP contribution in [0, 0.1) is 5.92 Å². The van der Waals surface area contributed by atoms with Crippen molar-refractivity contribution in [1.82, 2.24) is 10.6 Å². The molecule has 2 aliphatic carbocycles. The lowest BCUT2D eigenvalue weighted by atomic mass is 9.79. The maximum absolute atomic E-state index is 12.3. The Bertz CT molecular complexity index is 352. The average Bonchev–Trinajstić information content (AvgIpc) is 3.02. The van der Waals surface area contributed by atoms with Gasteiger partial charge in [-0.2, -0.15) is 0 Å². The average molecular weight is 266 g/mol. The third-order valence-corrected chi connectivity index (χ3v) is 3.85. The van der Waals surface area contributed by atoms with Crippen LogP contribution in [-0.4, -0.2) is 29.3 Å². The standard InChI is InChI=1S/C15H26N2O2/c1-15(2,3)17-12(9-10-5-4-6-10)13(18)14(19)16-11-7-8-11/h10-12,17H,4-9H2,1-3H3,(H,16,19). The molecule has 108 valence electrons. The molecule has 0 aromatic carbocycles. The van der Waals surface area contributed by atoms with Gasteiger partial charge in [0.15, 0.2) is 0 Å². The number of hydrogen-bond acceptors (Lipinski definition) is 3. The monoisotopic (exact) mass is 266 g/mol. The van der Waals surface area contributed by atoms with Crippen LogP contribution < -0.4 is 10.6 Å². The quantitative estimate of drug-likeness (QED) is 0.721. The van der Waals surface area contributed by atoms with Crippen molar-refractivity contribution in [1.29, 1.82) is 0 Å².